The van der Waals surface area contributed by atoms with Gasteiger partial charge in [-0.25, -0.2) is 8.78 Å². The van der Waals surface area contributed by atoms with E-state index in [2.05, 4.69) is 37.2 Å². The van der Waals surface area contributed by atoms with E-state index >= 15 is 0 Å². The third-order valence-electron chi connectivity index (χ3n) is 3.91. The molecule has 0 aromatic heterocycles. The Morgan fingerprint density at radius 1 is 1.23 bits per heavy atom. The molecule has 6 nitrogen and oxygen atoms in total. The van der Waals surface area contributed by atoms with E-state index < -0.39 is 35.2 Å². The quantitative estimate of drug-likeness (QED) is 0.510. The minimum absolute atomic E-state index is 0.101. The molecule has 1 N–H and O–H groups in total. The molecular weight excluding hydrogens is 550 g/mol. The van der Waals surface area contributed by atoms with Crippen molar-refractivity contribution in [2.45, 2.75) is 0 Å². The maximum absolute atomic E-state index is 13.7. The number of amides is 3. The zero-order valence-corrected chi connectivity index (χ0v) is 19.2. The van der Waals surface area contributed by atoms with Crippen LogP contribution in [-0.2, 0) is 9.59 Å². The molecule has 0 unspecified atom stereocenters. The average Bonchev–Trinajstić information content (AvgIpc) is 2.91. The predicted octanol–water partition coefficient (Wildman–Crippen LogP) is 5.17. The number of ether oxygens (including phenoxy) is 1. The lowest BCUT2D eigenvalue weighted by Crippen LogP contribution is -2.36. The Labute approximate surface area is 190 Å². The van der Waals surface area contributed by atoms with E-state index in [4.69, 9.17) is 4.74 Å². The molecule has 0 saturated carbocycles. The third-order valence-corrected chi connectivity index (χ3v) is 5.86. The Morgan fingerprint density at radius 3 is 2.63 bits per heavy atom. The molecule has 0 aliphatic carbocycles. The van der Waals surface area contributed by atoms with E-state index in [1.54, 1.807) is 12.1 Å². The van der Waals surface area contributed by atoms with Crippen molar-refractivity contribution in [2.75, 3.05) is 19.0 Å². The van der Waals surface area contributed by atoms with Gasteiger partial charge < -0.3 is 10.1 Å². The van der Waals surface area contributed by atoms with Crippen LogP contribution >= 0.6 is 43.6 Å². The second-order valence-electron chi connectivity index (χ2n) is 5.95. The number of thioether (sulfide) groups is 1. The van der Waals surface area contributed by atoms with Crippen LogP contribution in [0, 0.1) is 11.6 Å². The van der Waals surface area contributed by atoms with Gasteiger partial charge in [0.25, 0.3) is 11.1 Å². The van der Waals surface area contributed by atoms with Crippen LogP contribution in [0.2, 0.25) is 0 Å². The van der Waals surface area contributed by atoms with Gasteiger partial charge in [0.15, 0.2) is 0 Å². The fourth-order valence-electron chi connectivity index (χ4n) is 2.60. The topological polar surface area (TPSA) is 75.7 Å². The van der Waals surface area contributed by atoms with Gasteiger partial charge in [0, 0.05) is 16.1 Å². The number of imide groups is 1. The lowest BCUT2D eigenvalue weighted by molar-refractivity contribution is -0.127. The highest BCUT2D eigenvalue weighted by Crippen LogP contribution is 2.38. The first-order chi connectivity index (χ1) is 14.2. The molecule has 0 spiro atoms. The van der Waals surface area contributed by atoms with Gasteiger partial charge in [-0.3, -0.25) is 19.3 Å². The summed E-state index contributed by atoms with van der Waals surface area (Å²) in [6, 6.07) is 6.11. The van der Waals surface area contributed by atoms with E-state index in [0.717, 1.165) is 21.5 Å². The van der Waals surface area contributed by atoms with Gasteiger partial charge in [-0.15, -0.1) is 0 Å². The summed E-state index contributed by atoms with van der Waals surface area (Å²) in [6.45, 7) is -0.613. The summed E-state index contributed by atoms with van der Waals surface area (Å²) in [7, 11) is 1.47. The highest BCUT2D eigenvalue weighted by atomic mass is 79.9. The number of carbonyl (C=O) groups is 3. The first-order valence-electron chi connectivity index (χ1n) is 8.23. The first-order valence-corrected chi connectivity index (χ1v) is 10.6. The number of halogens is 4. The van der Waals surface area contributed by atoms with Crippen LogP contribution < -0.4 is 10.1 Å². The fraction of sp³-hybridized carbons (Fsp3) is 0.105. The Bertz CT molecular complexity index is 1090. The molecule has 3 amide bonds. The number of hydrogen-bond acceptors (Lipinski definition) is 5. The number of methoxy groups -OCH3 is 1. The van der Waals surface area contributed by atoms with Crippen LogP contribution in [-0.4, -0.2) is 35.6 Å². The lowest BCUT2D eigenvalue weighted by Gasteiger charge is -2.13. The standard InChI is InChI=1S/C19H12Br2F2N2O4S/c1-29-17-9(4-10(20)6-12(17)21)5-15-18(27)25(19(28)30-15)8-16(26)24-14-3-2-11(22)7-13(14)23/h2-7H,8H2,1H3,(H,24,26)/b15-5+. The van der Waals surface area contributed by atoms with Crippen molar-refractivity contribution in [1.82, 2.24) is 4.90 Å². The van der Waals surface area contributed by atoms with E-state index in [9.17, 15) is 23.2 Å². The zero-order chi connectivity index (χ0) is 22.0. The van der Waals surface area contributed by atoms with E-state index in [1.807, 2.05) is 0 Å². The van der Waals surface area contributed by atoms with Gasteiger partial charge in [0.1, 0.15) is 23.9 Å². The summed E-state index contributed by atoms with van der Waals surface area (Å²) >= 11 is 7.38. The number of rotatable bonds is 5. The minimum atomic E-state index is -0.968. The monoisotopic (exact) mass is 560 g/mol. The third kappa shape index (κ3) is 4.90. The van der Waals surface area contributed by atoms with E-state index in [-0.39, 0.29) is 10.6 Å². The smallest absolute Gasteiger partial charge is 0.294 e. The molecule has 0 bridgehead atoms. The SMILES string of the molecule is COc1c(Br)cc(Br)cc1/C=C1/SC(=O)N(CC(=O)Nc2ccc(F)cc2F)C1=O. The highest BCUT2D eigenvalue weighted by molar-refractivity contribution is 9.11. The Hall–Kier alpha value is -2.24. The van der Waals surface area contributed by atoms with Crippen LogP contribution in [0.3, 0.4) is 0 Å². The van der Waals surface area contributed by atoms with Crippen LogP contribution in [0.1, 0.15) is 5.56 Å². The molecule has 2 aromatic carbocycles. The molecule has 30 heavy (non-hydrogen) atoms. The van der Waals surface area contributed by atoms with Crippen molar-refractivity contribution in [3.63, 3.8) is 0 Å². The lowest BCUT2D eigenvalue weighted by atomic mass is 10.2. The van der Waals surface area contributed by atoms with Gasteiger partial charge in [0.2, 0.25) is 5.91 Å². The molecule has 2 aromatic rings. The minimum Gasteiger partial charge on any atom is -0.495 e. The van der Waals surface area contributed by atoms with E-state index in [1.165, 1.54) is 13.2 Å². The molecule has 1 heterocycles. The Balaban J connectivity index is 1.78. The van der Waals surface area contributed by atoms with Crippen molar-refractivity contribution in [1.29, 1.82) is 0 Å². The summed E-state index contributed by atoms with van der Waals surface area (Å²) in [5.74, 6) is -2.76. The summed E-state index contributed by atoms with van der Waals surface area (Å²) in [5.41, 5.74) is 0.287. The van der Waals surface area contributed by atoms with Crippen LogP contribution in [0.25, 0.3) is 6.08 Å². The molecule has 0 radical (unpaired) electrons. The maximum Gasteiger partial charge on any atom is 0.294 e. The van der Waals surface area contributed by atoms with E-state index in [0.29, 0.717) is 33.6 Å². The van der Waals surface area contributed by atoms with Crippen molar-refractivity contribution < 1.29 is 27.9 Å². The molecule has 3 rings (SSSR count). The number of carbonyl (C=O) groups excluding carboxylic acids is 3. The van der Waals surface area contributed by atoms with Gasteiger partial charge in [-0.1, -0.05) is 15.9 Å². The summed E-state index contributed by atoms with van der Waals surface area (Å²) in [4.78, 5) is 37.9. The average molecular weight is 562 g/mol. The molecule has 1 aliphatic rings. The maximum atomic E-state index is 13.7. The predicted molar refractivity (Wildman–Crippen MR) is 116 cm³/mol. The van der Waals surface area contributed by atoms with Crippen molar-refractivity contribution in [3.05, 3.63) is 61.4 Å². The highest BCUT2D eigenvalue weighted by Gasteiger charge is 2.36. The number of nitrogens with one attached hydrogen (secondary N) is 1. The van der Waals surface area contributed by atoms with Gasteiger partial charge in [-0.05, 0) is 58.0 Å². The number of benzene rings is 2. The molecule has 1 fully saturated rings. The molecule has 156 valence electrons. The Morgan fingerprint density at radius 2 is 1.97 bits per heavy atom. The molecule has 1 aliphatic heterocycles. The van der Waals surface area contributed by atoms with Gasteiger partial charge in [-0.2, -0.15) is 0 Å². The Kier molecular flexibility index (Phi) is 6.94. The van der Waals surface area contributed by atoms with Crippen molar-refractivity contribution >= 4 is 72.4 Å². The van der Waals surface area contributed by atoms with Gasteiger partial charge in [0.05, 0.1) is 22.2 Å². The molecule has 11 heteroatoms. The van der Waals surface area contributed by atoms with Crippen LogP contribution in [0.15, 0.2) is 44.2 Å². The largest absolute Gasteiger partial charge is 0.495 e. The van der Waals surface area contributed by atoms with Crippen molar-refractivity contribution in [2.24, 2.45) is 0 Å². The van der Waals surface area contributed by atoms with Crippen LogP contribution in [0.5, 0.6) is 5.75 Å². The number of hydrogen-bond donors (Lipinski definition) is 1. The fourth-order valence-corrected chi connectivity index (χ4v) is 4.85. The number of nitrogens with zero attached hydrogens (tertiary/aromatic N) is 1. The zero-order valence-electron chi connectivity index (χ0n) is 15.2. The van der Waals surface area contributed by atoms with Gasteiger partial charge >= 0.3 is 0 Å². The van der Waals surface area contributed by atoms with Crippen molar-refractivity contribution in [3.8, 4) is 5.75 Å². The molecule has 1 saturated heterocycles. The normalized spacial score (nSPS) is 15.1. The summed E-state index contributed by atoms with van der Waals surface area (Å²) in [6.07, 6.45) is 1.48. The second-order valence-corrected chi connectivity index (χ2v) is 8.71. The van der Waals surface area contributed by atoms with Crippen LogP contribution in [0.4, 0.5) is 19.3 Å². The first kappa shape index (κ1) is 22.4. The second kappa shape index (κ2) is 9.27. The molecular formula is C19H12Br2F2N2O4S. The number of anilines is 1. The molecule has 0 atom stereocenters. The summed E-state index contributed by atoms with van der Waals surface area (Å²) in [5, 5.41) is 1.57. The summed E-state index contributed by atoms with van der Waals surface area (Å²) < 4.78 is 33.3.